The van der Waals surface area contributed by atoms with Crippen LogP contribution in [-0.2, 0) is 0 Å². The van der Waals surface area contributed by atoms with Gasteiger partial charge in [0.1, 0.15) is 0 Å². The highest BCUT2D eigenvalue weighted by Crippen LogP contribution is 2.31. The molecule has 1 heterocycles. The molecule has 0 radical (unpaired) electrons. The molecule has 27 heavy (non-hydrogen) atoms. The molecule has 0 bridgehead atoms. The molecule has 1 amide bonds. The number of carboxylic acid groups (broad SMARTS) is 1. The smallest absolute Gasteiger partial charge is 0.411 e. The maximum Gasteiger partial charge on any atom is 0.411 e. The van der Waals surface area contributed by atoms with E-state index in [2.05, 4.69) is 11.8 Å². The van der Waals surface area contributed by atoms with Gasteiger partial charge in [0.05, 0.1) is 0 Å². The number of ketones is 1. The standard InChI is InChI=1S/C21H23ClN2O3/c1-14-9-11-24(12-10-14)19-8-7-17(23(2)21(26)27)13-18(19)20(25)15-3-5-16(22)6-4-15/h3-8,13-14H,9-12H2,1-2H3,(H,26,27). The molecule has 0 spiro atoms. The van der Waals surface area contributed by atoms with Crippen LogP contribution < -0.4 is 9.80 Å². The van der Waals surface area contributed by atoms with Crippen LogP contribution in [0.15, 0.2) is 42.5 Å². The van der Waals surface area contributed by atoms with Gasteiger partial charge in [0.25, 0.3) is 0 Å². The van der Waals surface area contributed by atoms with Crippen molar-refractivity contribution in [3.63, 3.8) is 0 Å². The Hall–Kier alpha value is -2.53. The quantitative estimate of drug-likeness (QED) is 0.757. The molecule has 1 N–H and O–H groups in total. The van der Waals surface area contributed by atoms with Gasteiger partial charge in [-0.25, -0.2) is 4.79 Å². The van der Waals surface area contributed by atoms with Crippen LogP contribution in [0.3, 0.4) is 0 Å². The first-order valence-electron chi connectivity index (χ1n) is 9.02. The van der Waals surface area contributed by atoms with E-state index in [-0.39, 0.29) is 5.78 Å². The van der Waals surface area contributed by atoms with Crippen LogP contribution in [0, 0.1) is 5.92 Å². The first kappa shape index (κ1) is 19.2. The minimum Gasteiger partial charge on any atom is -0.465 e. The maximum absolute atomic E-state index is 13.2. The molecule has 5 nitrogen and oxygen atoms in total. The first-order valence-corrected chi connectivity index (χ1v) is 9.40. The van der Waals surface area contributed by atoms with Gasteiger partial charge in [-0.15, -0.1) is 0 Å². The van der Waals surface area contributed by atoms with Crippen LogP contribution in [0.25, 0.3) is 0 Å². The number of nitrogens with zero attached hydrogens (tertiary/aromatic N) is 2. The fourth-order valence-corrected chi connectivity index (χ4v) is 3.43. The third-order valence-corrected chi connectivity index (χ3v) is 5.38. The van der Waals surface area contributed by atoms with Gasteiger partial charge in [-0.1, -0.05) is 18.5 Å². The van der Waals surface area contributed by atoms with Gasteiger partial charge in [-0.2, -0.15) is 0 Å². The van der Waals surface area contributed by atoms with Gasteiger partial charge in [0.2, 0.25) is 0 Å². The van der Waals surface area contributed by atoms with Crippen molar-refractivity contribution in [1.29, 1.82) is 0 Å². The van der Waals surface area contributed by atoms with Crippen LogP contribution >= 0.6 is 11.6 Å². The molecule has 1 aliphatic heterocycles. The molecule has 1 aliphatic rings. The highest BCUT2D eigenvalue weighted by molar-refractivity contribution is 6.30. The number of benzene rings is 2. The molecule has 1 saturated heterocycles. The zero-order chi connectivity index (χ0) is 19.6. The van der Waals surface area contributed by atoms with Crippen LogP contribution in [0.2, 0.25) is 5.02 Å². The summed E-state index contributed by atoms with van der Waals surface area (Å²) in [4.78, 5) is 27.8. The Bertz CT molecular complexity index is 843. The van der Waals surface area contributed by atoms with Crippen molar-refractivity contribution in [3.8, 4) is 0 Å². The number of halogens is 1. The molecule has 2 aromatic carbocycles. The fourth-order valence-electron chi connectivity index (χ4n) is 3.31. The molecular weight excluding hydrogens is 364 g/mol. The van der Waals surface area contributed by atoms with Crippen molar-refractivity contribution in [1.82, 2.24) is 0 Å². The van der Waals surface area contributed by atoms with Gasteiger partial charge in [-0.05, 0) is 61.2 Å². The summed E-state index contributed by atoms with van der Waals surface area (Å²) in [5.74, 6) is 0.537. The Morgan fingerprint density at radius 3 is 2.33 bits per heavy atom. The fraction of sp³-hybridized carbons (Fsp3) is 0.333. The number of hydrogen-bond donors (Lipinski definition) is 1. The van der Waals surface area contributed by atoms with E-state index in [0.717, 1.165) is 36.5 Å². The molecule has 6 heteroatoms. The molecule has 0 saturated carbocycles. The summed E-state index contributed by atoms with van der Waals surface area (Å²) in [5.41, 5.74) is 2.36. The molecule has 2 aromatic rings. The largest absolute Gasteiger partial charge is 0.465 e. The first-order chi connectivity index (χ1) is 12.9. The van der Waals surface area contributed by atoms with Crippen LogP contribution in [-0.4, -0.2) is 37.1 Å². The zero-order valence-electron chi connectivity index (χ0n) is 15.5. The maximum atomic E-state index is 13.2. The van der Waals surface area contributed by atoms with E-state index in [1.807, 2.05) is 6.07 Å². The number of piperidine rings is 1. The van der Waals surface area contributed by atoms with Gasteiger partial charge in [0.15, 0.2) is 5.78 Å². The number of amides is 1. The molecule has 1 fully saturated rings. The molecular formula is C21H23ClN2O3. The highest BCUT2D eigenvalue weighted by atomic mass is 35.5. The Kier molecular flexibility index (Phi) is 5.71. The Morgan fingerprint density at radius 1 is 1.11 bits per heavy atom. The Labute approximate surface area is 164 Å². The minimum atomic E-state index is -1.07. The summed E-state index contributed by atoms with van der Waals surface area (Å²) in [6.07, 6.45) is 1.08. The lowest BCUT2D eigenvalue weighted by molar-refractivity contribution is 0.103. The van der Waals surface area contributed by atoms with Gasteiger partial charge >= 0.3 is 6.09 Å². The van der Waals surface area contributed by atoms with Crippen molar-refractivity contribution in [3.05, 3.63) is 58.6 Å². The number of hydrogen-bond acceptors (Lipinski definition) is 3. The summed E-state index contributed by atoms with van der Waals surface area (Å²) in [6.45, 7) is 4.01. The highest BCUT2D eigenvalue weighted by Gasteiger charge is 2.23. The van der Waals surface area contributed by atoms with E-state index in [1.54, 1.807) is 36.4 Å². The Morgan fingerprint density at radius 2 is 1.74 bits per heavy atom. The van der Waals surface area contributed by atoms with E-state index in [1.165, 1.54) is 7.05 Å². The van der Waals surface area contributed by atoms with E-state index >= 15 is 0 Å². The molecule has 0 aliphatic carbocycles. The number of rotatable bonds is 4. The zero-order valence-corrected chi connectivity index (χ0v) is 16.2. The van der Waals surface area contributed by atoms with E-state index in [9.17, 15) is 14.7 Å². The molecule has 0 aromatic heterocycles. The summed E-state index contributed by atoms with van der Waals surface area (Å²) < 4.78 is 0. The minimum absolute atomic E-state index is 0.138. The second kappa shape index (κ2) is 8.01. The summed E-state index contributed by atoms with van der Waals surface area (Å²) >= 11 is 5.94. The number of carbonyl (C=O) groups is 2. The predicted molar refractivity (Wildman–Crippen MR) is 108 cm³/mol. The lowest BCUT2D eigenvalue weighted by Crippen LogP contribution is -2.34. The molecule has 142 valence electrons. The van der Waals surface area contributed by atoms with E-state index < -0.39 is 6.09 Å². The monoisotopic (exact) mass is 386 g/mol. The molecule has 0 unspecified atom stereocenters. The lowest BCUT2D eigenvalue weighted by atomic mass is 9.95. The lowest BCUT2D eigenvalue weighted by Gasteiger charge is -2.33. The van der Waals surface area contributed by atoms with Crippen molar-refractivity contribution in [2.24, 2.45) is 5.92 Å². The summed E-state index contributed by atoms with van der Waals surface area (Å²) in [6, 6.07) is 12.0. The average Bonchev–Trinajstić information content (AvgIpc) is 2.67. The third kappa shape index (κ3) is 4.25. The summed E-state index contributed by atoms with van der Waals surface area (Å²) in [5, 5.41) is 9.84. The molecule has 0 atom stereocenters. The van der Waals surface area contributed by atoms with Gasteiger partial charge in [-0.3, -0.25) is 9.69 Å². The van der Waals surface area contributed by atoms with Crippen LogP contribution in [0.4, 0.5) is 16.2 Å². The SMILES string of the molecule is CC1CCN(c2ccc(N(C)C(=O)O)cc2C(=O)c2ccc(Cl)cc2)CC1. The van der Waals surface area contributed by atoms with Crippen molar-refractivity contribution in [2.75, 3.05) is 29.9 Å². The normalized spacial score (nSPS) is 14.9. The van der Waals surface area contributed by atoms with Crippen LogP contribution in [0.1, 0.15) is 35.7 Å². The topological polar surface area (TPSA) is 60.9 Å². The van der Waals surface area contributed by atoms with Gasteiger partial charge in [0, 0.05) is 47.7 Å². The van der Waals surface area contributed by atoms with Crippen molar-refractivity contribution in [2.45, 2.75) is 19.8 Å². The predicted octanol–water partition coefficient (Wildman–Crippen LogP) is 4.92. The van der Waals surface area contributed by atoms with Crippen LogP contribution in [0.5, 0.6) is 0 Å². The second-order valence-corrected chi connectivity index (χ2v) is 7.49. The summed E-state index contributed by atoms with van der Waals surface area (Å²) in [7, 11) is 1.47. The average molecular weight is 387 g/mol. The molecule has 3 rings (SSSR count). The third-order valence-electron chi connectivity index (χ3n) is 5.13. The van der Waals surface area contributed by atoms with Crippen molar-refractivity contribution >= 4 is 34.9 Å². The number of anilines is 2. The van der Waals surface area contributed by atoms with E-state index in [0.29, 0.717) is 27.8 Å². The Balaban J connectivity index is 2.03. The van der Waals surface area contributed by atoms with E-state index in [4.69, 9.17) is 11.6 Å². The van der Waals surface area contributed by atoms with Crippen molar-refractivity contribution < 1.29 is 14.7 Å². The second-order valence-electron chi connectivity index (χ2n) is 7.05. The number of carbonyl (C=O) groups excluding carboxylic acids is 1. The van der Waals surface area contributed by atoms with Gasteiger partial charge < -0.3 is 10.0 Å².